The largest absolute Gasteiger partial charge is 0.481 e. The molecule has 0 saturated heterocycles. The Kier molecular flexibility index (Phi) is 4.26. The molecule has 0 saturated carbocycles. The molecule has 2 rings (SSSR count). The standard InChI is InChI=1S/C15H14N2O6/c1-7-11(14(18)19)13(12(15(20)21)8(2)16-7)9-4-3-5-10(6-9)17(22)23/h3-6,11,13H,1-2H3,(H,18,19)(H,20,21)/t11-,13?/m1/s1. The van der Waals surface area contributed by atoms with Crippen molar-refractivity contribution in [1.82, 2.24) is 0 Å². The zero-order valence-electron chi connectivity index (χ0n) is 12.4. The number of hydrogen-bond donors (Lipinski definition) is 2. The van der Waals surface area contributed by atoms with E-state index < -0.39 is 28.7 Å². The number of rotatable bonds is 4. The number of non-ortho nitro benzene ring substituents is 1. The molecule has 0 bridgehead atoms. The summed E-state index contributed by atoms with van der Waals surface area (Å²) in [5, 5.41) is 29.9. The highest BCUT2D eigenvalue weighted by molar-refractivity contribution is 6.06. The SMILES string of the molecule is CC1=NC(C)=C(C(=O)O)C(c2cccc([N+](=O)[O-])c2)[C@@H]1C(=O)O. The minimum atomic E-state index is -1.29. The van der Waals surface area contributed by atoms with Crippen LogP contribution < -0.4 is 0 Å². The molecule has 0 amide bonds. The second-order valence-corrected chi connectivity index (χ2v) is 5.20. The summed E-state index contributed by atoms with van der Waals surface area (Å²) in [6.07, 6.45) is 0. The molecule has 120 valence electrons. The van der Waals surface area contributed by atoms with Crippen molar-refractivity contribution in [2.24, 2.45) is 10.9 Å². The number of nitrogens with zero attached hydrogens (tertiary/aromatic N) is 2. The molecular formula is C15H14N2O6. The second kappa shape index (κ2) is 5.99. The Hall–Kier alpha value is -3.03. The van der Waals surface area contributed by atoms with Crippen molar-refractivity contribution in [2.75, 3.05) is 0 Å². The zero-order valence-corrected chi connectivity index (χ0v) is 12.4. The Balaban J connectivity index is 2.69. The Morgan fingerprint density at radius 3 is 2.43 bits per heavy atom. The van der Waals surface area contributed by atoms with Crippen molar-refractivity contribution in [3.05, 3.63) is 51.2 Å². The highest BCUT2D eigenvalue weighted by Gasteiger charge is 2.41. The lowest BCUT2D eigenvalue weighted by Gasteiger charge is -2.29. The summed E-state index contributed by atoms with van der Waals surface area (Å²) in [7, 11) is 0. The number of carboxylic acid groups (broad SMARTS) is 2. The minimum absolute atomic E-state index is 0.163. The summed E-state index contributed by atoms with van der Waals surface area (Å²) in [5.74, 6) is -4.75. The molecule has 8 nitrogen and oxygen atoms in total. The first-order chi connectivity index (χ1) is 10.7. The fourth-order valence-electron chi connectivity index (χ4n) is 2.83. The Labute approximate surface area is 130 Å². The Bertz CT molecular complexity index is 765. The van der Waals surface area contributed by atoms with Crippen LogP contribution in [-0.4, -0.2) is 32.8 Å². The maximum atomic E-state index is 11.6. The predicted molar refractivity (Wildman–Crippen MR) is 80.4 cm³/mol. The number of hydrogen-bond acceptors (Lipinski definition) is 5. The number of aliphatic imine (C=N–C) groups is 1. The lowest BCUT2D eigenvalue weighted by molar-refractivity contribution is -0.384. The van der Waals surface area contributed by atoms with Gasteiger partial charge in [-0.15, -0.1) is 0 Å². The van der Waals surface area contributed by atoms with Gasteiger partial charge in [0.1, 0.15) is 5.92 Å². The predicted octanol–water partition coefficient (Wildman–Crippen LogP) is 2.21. The van der Waals surface area contributed by atoms with Crippen molar-refractivity contribution in [1.29, 1.82) is 0 Å². The number of carboxylic acids is 2. The van der Waals surface area contributed by atoms with E-state index in [0.29, 0.717) is 0 Å². The number of nitro groups is 1. The lowest BCUT2D eigenvalue weighted by atomic mass is 9.75. The van der Waals surface area contributed by atoms with Gasteiger partial charge in [0.15, 0.2) is 0 Å². The van der Waals surface area contributed by atoms with E-state index >= 15 is 0 Å². The Morgan fingerprint density at radius 2 is 1.91 bits per heavy atom. The zero-order chi connectivity index (χ0) is 17.3. The quantitative estimate of drug-likeness (QED) is 0.646. The number of nitro benzene ring substituents is 1. The van der Waals surface area contributed by atoms with Crippen LogP contribution >= 0.6 is 0 Å². The van der Waals surface area contributed by atoms with Gasteiger partial charge in [-0.1, -0.05) is 12.1 Å². The summed E-state index contributed by atoms with van der Waals surface area (Å²) >= 11 is 0. The van der Waals surface area contributed by atoms with Gasteiger partial charge in [-0.05, 0) is 19.4 Å². The molecule has 0 spiro atoms. The molecule has 1 heterocycles. The average Bonchev–Trinajstić information content (AvgIpc) is 2.45. The fourth-order valence-corrected chi connectivity index (χ4v) is 2.83. The summed E-state index contributed by atoms with van der Waals surface area (Å²) < 4.78 is 0. The molecule has 0 fully saturated rings. The van der Waals surface area contributed by atoms with E-state index in [1.54, 1.807) is 0 Å². The molecule has 0 radical (unpaired) electrons. The molecule has 8 heteroatoms. The van der Waals surface area contributed by atoms with Gasteiger partial charge in [0.05, 0.1) is 10.5 Å². The summed E-state index contributed by atoms with van der Waals surface area (Å²) in [4.78, 5) is 37.5. The fraction of sp³-hybridized carbons (Fsp3) is 0.267. The van der Waals surface area contributed by atoms with Gasteiger partial charge in [-0.25, -0.2) is 4.79 Å². The minimum Gasteiger partial charge on any atom is -0.481 e. The van der Waals surface area contributed by atoms with Crippen molar-refractivity contribution < 1.29 is 24.7 Å². The maximum absolute atomic E-state index is 11.6. The average molecular weight is 318 g/mol. The molecule has 1 aromatic rings. The van der Waals surface area contributed by atoms with Crippen LogP contribution in [-0.2, 0) is 9.59 Å². The number of aliphatic carboxylic acids is 2. The molecule has 0 aromatic heterocycles. The molecule has 1 aliphatic heterocycles. The van der Waals surface area contributed by atoms with E-state index in [1.165, 1.54) is 38.1 Å². The van der Waals surface area contributed by atoms with E-state index in [0.717, 1.165) is 0 Å². The molecule has 1 aromatic carbocycles. The maximum Gasteiger partial charge on any atom is 0.334 e. The molecule has 1 aliphatic rings. The monoisotopic (exact) mass is 318 g/mol. The molecular weight excluding hydrogens is 304 g/mol. The van der Waals surface area contributed by atoms with Crippen LogP contribution in [0.3, 0.4) is 0 Å². The highest BCUT2D eigenvalue weighted by Crippen LogP contribution is 2.39. The van der Waals surface area contributed by atoms with Crippen molar-refractivity contribution in [2.45, 2.75) is 19.8 Å². The number of carbonyl (C=O) groups is 2. The van der Waals surface area contributed by atoms with Crippen molar-refractivity contribution >= 4 is 23.3 Å². The third-order valence-electron chi connectivity index (χ3n) is 3.76. The smallest absolute Gasteiger partial charge is 0.334 e. The van der Waals surface area contributed by atoms with Gasteiger partial charge in [-0.3, -0.25) is 19.9 Å². The first-order valence-corrected chi connectivity index (χ1v) is 6.70. The van der Waals surface area contributed by atoms with Gasteiger partial charge in [-0.2, -0.15) is 0 Å². The topological polar surface area (TPSA) is 130 Å². The van der Waals surface area contributed by atoms with E-state index in [2.05, 4.69) is 4.99 Å². The van der Waals surface area contributed by atoms with Gasteiger partial charge >= 0.3 is 11.9 Å². The van der Waals surface area contributed by atoms with Crippen LogP contribution in [0.25, 0.3) is 0 Å². The van der Waals surface area contributed by atoms with E-state index in [4.69, 9.17) is 0 Å². The van der Waals surface area contributed by atoms with E-state index in [9.17, 15) is 29.9 Å². The van der Waals surface area contributed by atoms with Crippen LogP contribution in [0.2, 0.25) is 0 Å². The highest BCUT2D eigenvalue weighted by atomic mass is 16.6. The van der Waals surface area contributed by atoms with Gasteiger partial charge in [0.2, 0.25) is 0 Å². The van der Waals surface area contributed by atoms with E-state index in [-0.39, 0.29) is 28.2 Å². The number of benzene rings is 1. The van der Waals surface area contributed by atoms with Crippen LogP contribution in [0, 0.1) is 16.0 Å². The number of allylic oxidation sites excluding steroid dienone is 1. The third kappa shape index (κ3) is 2.96. The summed E-state index contributed by atoms with van der Waals surface area (Å²) in [6.45, 7) is 2.99. The normalized spacial score (nSPS) is 20.9. The first-order valence-electron chi connectivity index (χ1n) is 6.70. The van der Waals surface area contributed by atoms with Gasteiger partial charge in [0.25, 0.3) is 5.69 Å². The Morgan fingerprint density at radius 1 is 1.26 bits per heavy atom. The van der Waals surface area contributed by atoms with Gasteiger partial charge < -0.3 is 10.2 Å². The summed E-state index contributed by atoms with van der Waals surface area (Å²) in [6, 6.07) is 5.36. The van der Waals surface area contributed by atoms with Crippen LogP contribution in [0.5, 0.6) is 0 Å². The third-order valence-corrected chi connectivity index (χ3v) is 3.76. The van der Waals surface area contributed by atoms with Gasteiger partial charge in [0, 0.05) is 29.5 Å². The van der Waals surface area contributed by atoms with E-state index in [1.807, 2.05) is 0 Å². The molecule has 23 heavy (non-hydrogen) atoms. The van der Waals surface area contributed by atoms with Crippen LogP contribution in [0.4, 0.5) is 5.69 Å². The summed E-state index contributed by atoms with van der Waals surface area (Å²) in [5.41, 5.74) is 0.329. The van der Waals surface area contributed by atoms with Crippen molar-refractivity contribution in [3.8, 4) is 0 Å². The molecule has 0 aliphatic carbocycles. The molecule has 1 unspecified atom stereocenters. The first kappa shape index (κ1) is 16.3. The second-order valence-electron chi connectivity index (χ2n) is 5.20. The van der Waals surface area contributed by atoms with Crippen LogP contribution in [0.1, 0.15) is 25.3 Å². The molecule has 2 N–H and O–H groups in total. The van der Waals surface area contributed by atoms with Crippen LogP contribution in [0.15, 0.2) is 40.5 Å². The lowest BCUT2D eigenvalue weighted by Crippen LogP contribution is -2.34. The molecule has 2 atom stereocenters. The van der Waals surface area contributed by atoms with Crippen molar-refractivity contribution in [3.63, 3.8) is 0 Å².